The quantitative estimate of drug-likeness (QED) is 0.648. The van der Waals surface area contributed by atoms with Crippen molar-refractivity contribution >= 4 is 27.2 Å². The Morgan fingerprint density at radius 3 is 2.52 bits per heavy atom. The lowest BCUT2D eigenvalue weighted by Gasteiger charge is -2.13. The van der Waals surface area contributed by atoms with Crippen LogP contribution in [0.25, 0.3) is 20.8 Å². The zero-order valence-corrected chi connectivity index (χ0v) is 13.5. The standard InChI is InChI=1S/C17H18N2O3S/c1-18-12-4-2-11(3-5-12)17-19-15-7-6-13(8-16(15)23-17)22-14(9-20)10-21/h2-8,14,18,20-21H,9-10H2,1H3. The molecule has 2 aromatic carbocycles. The summed E-state index contributed by atoms with van der Waals surface area (Å²) in [4.78, 5) is 4.64. The van der Waals surface area contributed by atoms with E-state index in [1.807, 2.05) is 43.4 Å². The fourth-order valence-corrected chi connectivity index (χ4v) is 3.21. The van der Waals surface area contributed by atoms with Crippen LogP contribution < -0.4 is 10.1 Å². The van der Waals surface area contributed by atoms with E-state index < -0.39 is 6.10 Å². The summed E-state index contributed by atoms with van der Waals surface area (Å²) in [5, 5.41) is 22.2. The number of nitrogens with one attached hydrogen (secondary N) is 1. The molecule has 3 aromatic rings. The lowest BCUT2D eigenvalue weighted by molar-refractivity contribution is 0.0630. The number of anilines is 1. The Kier molecular flexibility index (Phi) is 4.76. The number of hydrogen-bond acceptors (Lipinski definition) is 6. The molecule has 6 heteroatoms. The van der Waals surface area contributed by atoms with Crippen LogP contribution in [-0.2, 0) is 0 Å². The van der Waals surface area contributed by atoms with E-state index in [0.29, 0.717) is 5.75 Å². The molecule has 0 aliphatic heterocycles. The van der Waals surface area contributed by atoms with Crippen LogP contribution >= 0.6 is 11.3 Å². The van der Waals surface area contributed by atoms with Gasteiger partial charge in [0.05, 0.1) is 23.4 Å². The fraction of sp³-hybridized carbons (Fsp3) is 0.235. The maximum absolute atomic E-state index is 9.10. The van der Waals surface area contributed by atoms with Crippen LogP contribution in [0.5, 0.6) is 5.75 Å². The second-order valence-corrected chi connectivity index (χ2v) is 6.11. The third-order valence-electron chi connectivity index (χ3n) is 3.49. The van der Waals surface area contributed by atoms with Crippen LogP contribution in [0, 0.1) is 0 Å². The SMILES string of the molecule is CNc1ccc(-c2nc3ccc(OC(CO)CO)cc3s2)cc1. The molecule has 120 valence electrons. The average molecular weight is 330 g/mol. The van der Waals surface area contributed by atoms with Gasteiger partial charge in [0.2, 0.25) is 0 Å². The van der Waals surface area contributed by atoms with Crippen molar-refractivity contribution < 1.29 is 14.9 Å². The van der Waals surface area contributed by atoms with E-state index in [1.165, 1.54) is 0 Å². The number of thiazole rings is 1. The van der Waals surface area contributed by atoms with Crippen molar-refractivity contribution in [2.75, 3.05) is 25.6 Å². The van der Waals surface area contributed by atoms with Crippen molar-refractivity contribution in [2.45, 2.75) is 6.10 Å². The highest BCUT2D eigenvalue weighted by Gasteiger charge is 2.11. The summed E-state index contributed by atoms with van der Waals surface area (Å²) in [7, 11) is 1.89. The van der Waals surface area contributed by atoms with E-state index in [2.05, 4.69) is 10.3 Å². The monoisotopic (exact) mass is 330 g/mol. The first-order valence-corrected chi connectivity index (χ1v) is 8.12. The molecule has 0 radical (unpaired) electrons. The number of aliphatic hydroxyl groups excluding tert-OH is 2. The summed E-state index contributed by atoms with van der Waals surface area (Å²) >= 11 is 1.58. The second-order valence-electron chi connectivity index (χ2n) is 5.08. The Hall–Kier alpha value is -2.15. The lowest BCUT2D eigenvalue weighted by atomic mass is 10.2. The summed E-state index contributed by atoms with van der Waals surface area (Å²) in [6.45, 7) is -0.444. The third kappa shape index (κ3) is 3.44. The van der Waals surface area contributed by atoms with Crippen molar-refractivity contribution in [3.05, 3.63) is 42.5 Å². The number of benzene rings is 2. The number of aliphatic hydroxyl groups is 2. The highest BCUT2D eigenvalue weighted by Crippen LogP contribution is 2.33. The predicted octanol–water partition coefficient (Wildman–Crippen LogP) is 2.74. The second kappa shape index (κ2) is 6.95. The molecular formula is C17H18N2O3S. The van der Waals surface area contributed by atoms with Gasteiger partial charge in [-0.25, -0.2) is 4.98 Å². The molecule has 3 rings (SSSR count). The van der Waals surface area contributed by atoms with E-state index >= 15 is 0 Å². The average Bonchev–Trinajstić information content (AvgIpc) is 3.03. The van der Waals surface area contributed by atoms with E-state index in [9.17, 15) is 0 Å². The van der Waals surface area contributed by atoms with Crippen LogP contribution in [0.4, 0.5) is 5.69 Å². The van der Waals surface area contributed by atoms with Crippen molar-refractivity contribution in [3.8, 4) is 16.3 Å². The normalized spacial score (nSPS) is 11.1. The lowest BCUT2D eigenvalue weighted by Crippen LogP contribution is -2.25. The summed E-state index contributed by atoms with van der Waals surface area (Å²) in [5.74, 6) is 0.617. The van der Waals surface area contributed by atoms with Crippen LogP contribution in [0.15, 0.2) is 42.5 Å². The molecular weight excluding hydrogens is 312 g/mol. The van der Waals surface area contributed by atoms with Gasteiger partial charge in [0.1, 0.15) is 16.9 Å². The molecule has 0 fully saturated rings. The van der Waals surface area contributed by atoms with Crippen molar-refractivity contribution in [1.82, 2.24) is 4.98 Å². The van der Waals surface area contributed by atoms with Crippen molar-refractivity contribution in [1.29, 1.82) is 0 Å². The molecule has 1 heterocycles. The Balaban J connectivity index is 1.89. The highest BCUT2D eigenvalue weighted by atomic mass is 32.1. The number of ether oxygens (including phenoxy) is 1. The molecule has 23 heavy (non-hydrogen) atoms. The van der Waals surface area contributed by atoms with Gasteiger partial charge in [-0.3, -0.25) is 0 Å². The van der Waals surface area contributed by atoms with Gasteiger partial charge in [-0.1, -0.05) is 0 Å². The van der Waals surface area contributed by atoms with Gasteiger partial charge in [0.15, 0.2) is 0 Å². The van der Waals surface area contributed by atoms with Crippen LogP contribution in [0.3, 0.4) is 0 Å². The zero-order valence-electron chi connectivity index (χ0n) is 12.7. The van der Waals surface area contributed by atoms with Crippen LogP contribution in [0.2, 0.25) is 0 Å². The molecule has 3 N–H and O–H groups in total. The Morgan fingerprint density at radius 1 is 1.13 bits per heavy atom. The number of nitrogens with zero attached hydrogens (tertiary/aromatic N) is 1. The molecule has 0 spiro atoms. The molecule has 0 unspecified atom stereocenters. The zero-order chi connectivity index (χ0) is 16.2. The van der Waals surface area contributed by atoms with Gasteiger partial charge in [0.25, 0.3) is 0 Å². The molecule has 0 saturated heterocycles. The van der Waals surface area contributed by atoms with E-state index in [4.69, 9.17) is 14.9 Å². The predicted molar refractivity (Wildman–Crippen MR) is 93.2 cm³/mol. The van der Waals surface area contributed by atoms with E-state index in [-0.39, 0.29) is 13.2 Å². The molecule has 0 bridgehead atoms. The van der Waals surface area contributed by atoms with Gasteiger partial charge in [-0.15, -0.1) is 11.3 Å². The van der Waals surface area contributed by atoms with Gasteiger partial charge in [0, 0.05) is 18.3 Å². The molecule has 0 amide bonds. The molecule has 0 saturated carbocycles. The minimum Gasteiger partial charge on any atom is -0.486 e. The Morgan fingerprint density at radius 2 is 1.87 bits per heavy atom. The van der Waals surface area contributed by atoms with Crippen LogP contribution in [-0.4, -0.2) is 41.6 Å². The third-order valence-corrected chi connectivity index (χ3v) is 4.56. The number of fused-ring (bicyclic) bond motifs is 1. The molecule has 0 aliphatic carbocycles. The highest BCUT2D eigenvalue weighted by molar-refractivity contribution is 7.21. The first-order valence-electron chi connectivity index (χ1n) is 7.30. The molecule has 0 aliphatic rings. The fourth-order valence-electron chi connectivity index (χ4n) is 2.21. The van der Waals surface area contributed by atoms with Crippen molar-refractivity contribution in [3.63, 3.8) is 0 Å². The van der Waals surface area contributed by atoms with Crippen LogP contribution in [0.1, 0.15) is 0 Å². The van der Waals surface area contributed by atoms with E-state index in [1.54, 1.807) is 17.4 Å². The largest absolute Gasteiger partial charge is 0.486 e. The van der Waals surface area contributed by atoms with E-state index in [0.717, 1.165) is 26.5 Å². The maximum atomic E-state index is 9.10. The smallest absolute Gasteiger partial charge is 0.145 e. The first-order chi connectivity index (χ1) is 11.2. The summed E-state index contributed by atoms with van der Waals surface area (Å²) < 4.78 is 6.54. The van der Waals surface area contributed by atoms with Gasteiger partial charge in [-0.05, 0) is 42.5 Å². The molecule has 1 aromatic heterocycles. The number of hydrogen-bond donors (Lipinski definition) is 3. The number of aromatic nitrogens is 1. The Labute approximate surface area is 138 Å². The molecule has 5 nitrogen and oxygen atoms in total. The van der Waals surface area contributed by atoms with Gasteiger partial charge in [-0.2, -0.15) is 0 Å². The first kappa shape index (κ1) is 15.7. The summed E-state index contributed by atoms with van der Waals surface area (Å²) in [6.07, 6.45) is -0.603. The Bertz CT molecular complexity index is 782. The minimum absolute atomic E-state index is 0.222. The summed E-state index contributed by atoms with van der Waals surface area (Å²) in [5.41, 5.74) is 3.03. The number of rotatable bonds is 6. The van der Waals surface area contributed by atoms with Gasteiger partial charge < -0.3 is 20.3 Å². The maximum Gasteiger partial charge on any atom is 0.145 e. The summed E-state index contributed by atoms with van der Waals surface area (Å²) in [6, 6.07) is 13.7. The topological polar surface area (TPSA) is 74.6 Å². The van der Waals surface area contributed by atoms with Gasteiger partial charge >= 0.3 is 0 Å². The minimum atomic E-state index is -0.603. The van der Waals surface area contributed by atoms with Crippen molar-refractivity contribution in [2.24, 2.45) is 0 Å². The molecule has 0 atom stereocenters.